The van der Waals surface area contributed by atoms with E-state index in [2.05, 4.69) is 14.9 Å². The lowest BCUT2D eigenvalue weighted by atomic mass is 9.98. The summed E-state index contributed by atoms with van der Waals surface area (Å²) in [5.41, 5.74) is -0.357. The molecule has 8 heteroatoms. The Morgan fingerprint density at radius 1 is 1.53 bits per heavy atom. The van der Waals surface area contributed by atoms with Gasteiger partial charge >= 0.3 is 5.97 Å². The maximum absolute atomic E-state index is 12.1. The predicted molar refractivity (Wildman–Crippen MR) is 69.3 cm³/mol. The molecule has 0 aromatic carbocycles. The van der Waals surface area contributed by atoms with Crippen LogP contribution < -0.4 is 5.32 Å². The molecule has 0 aliphatic rings. The SMILES string of the molecule is CCc1nnsc1C(=O)NC(C)(COC)CC(=O)O. The standard InChI is InChI=1S/C11H17N3O4S/c1-4-7-9(19-14-13-7)10(17)12-11(2,6-18-3)5-8(15)16/h4-6H2,1-3H3,(H,12,17)(H,15,16). The topological polar surface area (TPSA) is 101 Å². The minimum absolute atomic E-state index is 0.110. The summed E-state index contributed by atoms with van der Waals surface area (Å²) in [4.78, 5) is 23.4. The van der Waals surface area contributed by atoms with Gasteiger partial charge in [0.25, 0.3) is 5.91 Å². The molecule has 1 amide bonds. The molecule has 1 aromatic rings. The van der Waals surface area contributed by atoms with Gasteiger partial charge in [0, 0.05) is 7.11 Å². The Balaban J connectivity index is 2.84. The summed E-state index contributed by atoms with van der Waals surface area (Å²) in [6, 6.07) is 0. The lowest BCUT2D eigenvalue weighted by Gasteiger charge is -2.28. The molecule has 19 heavy (non-hydrogen) atoms. The first kappa shape index (κ1) is 15.5. The number of methoxy groups -OCH3 is 1. The highest BCUT2D eigenvalue weighted by Crippen LogP contribution is 2.16. The summed E-state index contributed by atoms with van der Waals surface area (Å²) in [6.07, 6.45) is 0.374. The highest BCUT2D eigenvalue weighted by atomic mass is 32.1. The van der Waals surface area contributed by atoms with E-state index in [4.69, 9.17) is 9.84 Å². The smallest absolute Gasteiger partial charge is 0.305 e. The molecule has 1 aromatic heterocycles. The van der Waals surface area contributed by atoms with E-state index in [1.54, 1.807) is 6.92 Å². The zero-order valence-corrected chi connectivity index (χ0v) is 11.9. The van der Waals surface area contributed by atoms with Crippen LogP contribution in [0, 0.1) is 0 Å². The molecule has 106 valence electrons. The molecule has 0 aliphatic carbocycles. The van der Waals surface area contributed by atoms with Crippen molar-refractivity contribution in [3.05, 3.63) is 10.6 Å². The first-order chi connectivity index (χ1) is 8.91. The highest BCUT2D eigenvalue weighted by Gasteiger charge is 2.31. The molecule has 1 heterocycles. The molecule has 0 saturated carbocycles. The van der Waals surface area contributed by atoms with Crippen molar-refractivity contribution < 1.29 is 19.4 Å². The Bertz CT molecular complexity index is 463. The molecule has 0 aliphatic heterocycles. The van der Waals surface area contributed by atoms with E-state index < -0.39 is 11.5 Å². The number of ether oxygens (including phenoxy) is 1. The lowest BCUT2D eigenvalue weighted by molar-refractivity contribution is -0.139. The van der Waals surface area contributed by atoms with Crippen LogP contribution in [-0.4, -0.2) is 45.8 Å². The lowest BCUT2D eigenvalue weighted by Crippen LogP contribution is -2.50. The number of aryl methyl sites for hydroxylation is 1. The molecule has 1 rings (SSSR count). The Labute approximate surface area is 115 Å². The Morgan fingerprint density at radius 3 is 2.74 bits per heavy atom. The average molecular weight is 287 g/mol. The maximum Gasteiger partial charge on any atom is 0.305 e. The summed E-state index contributed by atoms with van der Waals surface area (Å²) in [5, 5.41) is 15.4. The predicted octanol–water partition coefficient (Wildman–Crippen LogP) is 0.710. The minimum Gasteiger partial charge on any atom is -0.481 e. The van der Waals surface area contributed by atoms with Gasteiger partial charge < -0.3 is 15.2 Å². The quantitative estimate of drug-likeness (QED) is 0.766. The minimum atomic E-state index is -1.00. The van der Waals surface area contributed by atoms with Crippen LogP contribution >= 0.6 is 11.5 Å². The maximum atomic E-state index is 12.1. The largest absolute Gasteiger partial charge is 0.481 e. The van der Waals surface area contributed by atoms with E-state index in [-0.39, 0.29) is 18.9 Å². The molecular formula is C11H17N3O4S. The van der Waals surface area contributed by atoms with Gasteiger partial charge in [-0.25, -0.2) is 0 Å². The molecule has 0 bridgehead atoms. The average Bonchev–Trinajstić information content (AvgIpc) is 2.75. The molecule has 2 N–H and O–H groups in total. The third-order valence-corrected chi connectivity index (χ3v) is 3.28. The first-order valence-corrected chi connectivity index (χ1v) is 6.53. The van der Waals surface area contributed by atoms with Crippen molar-refractivity contribution in [3.63, 3.8) is 0 Å². The van der Waals surface area contributed by atoms with Crippen molar-refractivity contribution in [3.8, 4) is 0 Å². The van der Waals surface area contributed by atoms with E-state index in [0.717, 1.165) is 11.5 Å². The van der Waals surface area contributed by atoms with Gasteiger partial charge in [0.2, 0.25) is 0 Å². The summed E-state index contributed by atoms with van der Waals surface area (Å²) in [7, 11) is 1.46. The number of hydrogen-bond acceptors (Lipinski definition) is 6. The van der Waals surface area contributed by atoms with E-state index in [0.29, 0.717) is 17.0 Å². The monoisotopic (exact) mass is 287 g/mol. The fourth-order valence-electron chi connectivity index (χ4n) is 1.73. The molecule has 0 radical (unpaired) electrons. The van der Waals surface area contributed by atoms with Gasteiger partial charge in [-0.2, -0.15) is 0 Å². The molecular weight excluding hydrogens is 270 g/mol. The summed E-state index contributed by atoms with van der Waals surface area (Å²) < 4.78 is 8.71. The van der Waals surface area contributed by atoms with Crippen molar-refractivity contribution in [1.29, 1.82) is 0 Å². The van der Waals surface area contributed by atoms with Crippen LogP contribution in [0.5, 0.6) is 0 Å². The summed E-state index contributed by atoms with van der Waals surface area (Å²) >= 11 is 0.998. The number of rotatable bonds is 7. The second-order valence-electron chi connectivity index (χ2n) is 4.42. The molecule has 0 fully saturated rings. The van der Waals surface area contributed by atoms with E-state index >= 15 is 0 Å². The summed E-state index contributed by atoms with van der Waals surface area (Å²) in [5.74, 6) is -1.37. The fourth-order valence-corrected chi connectivity index (χ4v) is 2.37. The Morgan fingerprint density at radius 2 is 2.21 bits per heavy atom. The number of carboxylic acids is 1. The van der Waals surface area contributed by atoms with Gasteiger partial charge in [0.05, 0.1) is 24.3 Å². The zero-order chi connectivity index (χ0) is 14.5. The van der Waals surface area contributed by atoms with Gasteiger partial charge in [0.15, 0.2) is 0 Å². The van der Waals surface area contributed by atoms with Crippen LogP contribution in [0.2, 0.25) is 0 Å². The van der Waals surface area contributed by atoms with Crippen molar-refractivity contribution in [1.82, 2.24) is 14.9 Å². The number of carboxylic acid groups (broad SMARTS) is 1. The first-order valence-electron chi connectivity index (χ1n) is 5.76. The molecule has 7 nitrogen and oxygen atoms in total. The van der Waals surface area contributed by atoms with Crippen molar-refractivity contribution in [2.45, 2.75) is 32.2 Å². The normalized spacial score (nSPS) is 13.8. The van der Waals surface area contributed by atoms with E-state index in [1.165, 1.54) is 7.11 Å². The molecule has 1 unspecified atom stereocenters. The van der Waals surface area contributed by atoms with Gasteiger partial charge in [-0.1, -0.05) is 11.4 Å². The number of aliphatic carboxylic acids is 1. The number of nitrogens with zero attached hydrogens (tertiary/aromatic N) is 2. The van der Waals surface area contributed by atoms with Crippen LogP contribution in [-0.2, 0) is 16.0 Å². The van der Waals surface area contributed by atoms with Gasteiger partial charge in [-0.15, -0.1) is 5.10 Å². The zero-order valence-electron chi connectivity index (χ0n) is 11.1. The van der Waals surface area contributed by atoms with Gasteiger partial charge in [-0.05, 0) is 24.9 Å². The third-order valence-electron chi connectivity index (χ3n) is 2.52. The number of aromatic nitrogens is 2. The van der Waals surface area contributed by atoms with Crippen LogP contribution in [0.25, 0.3) is 0 Å². The van der Waals surface area contributed by atoms with Crippen LogP contribution in [0.4, 0.5) is 0 Å². The molecule has 0 saturated heterocycles. The van der Waals surface area contributed by atoms with E-state index in [1.807, 2.05) is 6.92 Å². The number of carbonyl (C=O) groups excluding carboxylic acids is 1. The van der Waals surface area contributed by atoms with Crippen LogP contribution in [0.1, 0.15) is 35.6 Å². The number of carbonyl (C=O) groups is 2. The highest BCUT2D eigenvalue weighted by molar-refractivity contribution is 7.08. The molecule has 0 spiro atoms. The second kappa shape index (κ2) is 6.58. The van der Waals surface area contributed by atoms with E-state index in [9.17, 15) is 9.59 Å². The van der Waals surface area contributed by atoms with Gasteiger partial charge in [0.1, 0.15) is 4.88 Å². The van der Waals surface area contributed by atoms with Gasteiger partial charge in [-0.3, -0.25) is 9.59 Å². The number of hydrogen-bond donors (Lipinski definition) is 2. The van der Waals surface area contributed by atoms with Crippen LogP contribution in [0.3, 0.4) is 0 Å². The summed E-state index contributed by atoms with van der Waals surface area (Å²) in [6.45, 7) is 3.61. The number of amides is 1. The van der Waals surface area contributed by atoms with Crippen molar-refractivity contribution >= 4 is 23.4 Å². The third kappa shape index (κ3) is 4.25. The fraction of sp³-hybridized carbons (Fsp3) is 0.636. The van der Waals surface area contributed by atoms with Crippen LogP contribution in [0.15, 0.2) is 0 Å². The Hall–Kier alpha value is -1.54. The number of nitrogens with one attached hydrogen (secondary N) is 1. The second-order valence-corrected chi connectivity index (χ2v) is 5.17. The molecule has 1 atom stereocenters. The van der Waals surface area contributed by atoms with Crippen molar-refractivity contribution in [2.24, 2.45) is 0 Å². The van der Waals surface area contributed by atoms with Crippen molar-refractivity contribution in [2.75, 3.05) is 13.7 Å². The Kier molecular flexibility index (Phi) is 5.37.